The van der Waals surface area contributed by atoms with Crippen LogP contribution in [0.2, 0.25) is 0 Å². The number of nitrogens with one attached hydrogen (secondary N) is 1. The molecule has 1 amide bonds. The second-order valence-electron chi connectivity index (χ2n) is 5.85. The van der Waals surface area contributed by atoms with Crippen LogP contribution in [0, 0.1) is 19.8 Å². The third-order valence-electron chi connectivity index (χ3n) is 4.01. The predicted octanol–water partition coefficient (Wildman–Crippen LogP) is 0.462. The number of nitrogens with two attached hydrogens (primary N) is 1. The van der Waals surface area contributed by atoms with Crippen LogP contribution >= 0.6 is 0 Å². The van der Waals surface area contributed by atoms with Crippen molar-refractivity contribution in [3.63, 3.8) is 0 Å². The molecule has 0 aliphatic carbocycles. The normalized spacial score (nSPS) is 22.5. The van der Waals surface area contributed by atoms with Crippen LogP contribution in [0.1, 0.15) is 24.0 Å². The zero-order chi connectivity index (χ0) is 14.5. The van der Waals surface area contributed by atoms with Gasteiger partial charge in [0.05, 0.1) is 13.1 Å². The highest BCUT2D eigenvalue weighted by Crippen LogP contribution is 2.15. The molecule has 110 valence electrons. The standard InChI is InChI=1S/C16H24N2O2/c1-12-9-13(2)11-15(10-12)20-8-7-18-5-3-14(4-6-18)16(17)19/h9-11,14H,3-8H2,1-2H3,(H2,17,19)/p+1. The first-order chi connectivity index (χ1) is 9.54. The fourth-order valence-electron chi connectivity index (χ4n) is 2.89. The Morgan fingerprint density at radius 3 is 2.40 bits per heavy atom. The van der Waals surface area contributed by atoms with E-state index in [9.17, 15) is 4.79 Å². The van der Waals surface area contributed by atoms with E-state index in [1.54, 1.807) is 0 Å². The van der Waals surface area contributed by atoms with Crippen LogP contribution in [0.15, 0.2) is 18.2 Å². The van der Waals surface area contributed by atoms with Gasteiger partial charge < -0.3 is 15.4 Å². The lowest BCUT2D eigenvalue weighted by Crippen LogP contribution is -3.13. The zero-order valence-corrected chi connectivity index (χ0v) is 12.4. The van der Waals surface area contributed by atoms with Gasteiger partial charge in [-0.05, 0) is 37.1 Å². The third kappa shape index (κ3) is 4.23. The number of carbonyl (C=O) groups excluding carboxylic acids is 1. The lowest BCUT2D eigenvalue weighted by molar-refractivity contribution is -0.905. The molecule has 0 unspecified atom stereocenters. The van der Waals surface area contributed by atoms with Crippen molar-refractivity contribution < 1.29 is 14.4 Å². The summed E-state index contributed by atoms with van der Waals surface area (Å²) in [6, 6.07) is 6.29. The van der Waals surface area contributed by atoms with Crippen molar-refractivity contribution in [3.05, 3.63) is 29.3 Å². The van der Waals surface area contributed by atoms with E-state index in [4.69, 9.17) is 10.5 Å². The molecule has 3 N–H and O–H groups in total. The molecule has 4 nitrogen and oxygen atoms in total. The molecule has 1 aliphatic heterocycles. The molecular weight excluding hydrogens is 252 g/mol. The minimum absolute atomic E-state index is 0.0825. The summed E-state index contributed by atoms with van der Waals surface area (Å²) in [6.45, 7) is 7.91. The van der Waals surface area contributed by atoms with E-state index in [2.05, 4.69) is 32.0 Å². The van der Waals surface area contributed by atoms with E-state index in [1.165, 1.54) is 16.0 Å². The molecule has 1 fully saturated rings. The van der Waals surface area contributed by atoms with Gasteiger partial charge >= 0.3 is 0 Å². The number of benzene rings is 1. The summed E-state index contributed by atoms with van der Waals surface area (Å²) >= 11 is 0. The Morgan fingerprint density at radius 1 is 1.25 bits per heavy atom. The Labute approximate surface area is 120 Å². The van der Waals surface area contributed by atoms with Crippen molar-refractivity contribution in [1.82, 2.24) is 0 Å². The maximum Gasteiger partial charge on any atom is 0.220 e. The fourth-order valence-corrected chi connectivity index (χ4v) is 2.89. The molecular formula is C16H25N2O2+. The molecule has 0 bridgehead atoms. The average Bonchev–Trinajstić information content (AvgIpc) is 2.38. The Kier molecular flexibility index (Phi) is 5.01. The van der Waals surface area contributed by atoms with Crippen LogP contribution in [0.3, 0.4) is 0 Å². The summed E-state index contributed by atoms with van der Waals surface area (Å²) in [6.07, 6.45) is 1.82. The van der Waals surface area contributed by atoms with Gasteiger partial charge in [-0.3, -0.25) is 4.79 Å². The molecule has 1 aliphatic rings. The van der Waals surface area contributed by atoms with Crippen LogP contribution < -0.4 is 15.4 Å². The van der Waals surface area contributed by atoms with E-state index in [0.717, 1.165) is 44.8 Å². The molecule has 20 heavy (non-hydrogen) atoms. The van der Waals surface area contributed by atoms with Crippen molar-refractivity contribution in [2.45, 2.75) is 26.7 Å². The van der Waals surface area contributed by atoms with Crippen LogP contribution in [0.25, 0.3) is 0 Å². The molecule has 0 radical (unpaired) electrons. The Hall–Kier alpha value is -1.55. The molecule has 1 aromatic carbocycles. The van der Waals surface area contributed by atoms with Gasteiger partial charge in [0.15, 0.2) is 0 Å². The summed E-state index contributed by atoms with van der Waals surface area (Å²) in [5.74, 6) is 0.892. The molecule has 2 rings (SSSR count). The highest BCUT2D eigenvalue weighted by molar-refractivity contribution is 5.76. The van der Waals surface area contributed by atoms with Gasteiger partial charge in [-0.15, -0.1) is 0 Å². The number of hydrogen-bond donors (Lipinski definition) is 2. The number of primary amides is 1. The molecule has 1 aromatic rings. The van der Waals surface area contributed by atoms with Crippen molar-refractivity contribution >= 4 is 5.91 Å². The van der Waals surface area contributed by atoms with Gasteiger partial charge in [0.25, 0.3) is 0 Å². The number of carbonyl (C=O) groups is 1. The minimum Gasteiger partial charge on any atom is -0.488 e. The molecule has 4 heteroatoms. The number of quaternary nitrogens is 1. The number of likely N-dealkylation sites (tertiary alicyclic amines) is 1. The largest absolute Gasteiger partial charge is 0.488 e. The first kappa shape index (κ1) is 14.9. The summed E-state index contributed by atoms with van der Waals surface area (Å²) in [5, 5.41) is 0. The molecule has 0 saturated carbocycles. The predicted molar refractivity (Wildman–Crippen MR) is 78.9 cm³/mol. The summed E-state index contributed by atoms with van der Waals surface area (Å²) in [5.41, 5.74) is 7.81. The summed E-state index contributed by atoms with van der Waals surface area (Å²) < 4.78 is 5.83. The van der Waals surface area contributed by atoms with E-state index >= 15 is 0 Å². The second-order valence-corrected chi connectivity index (χ2v) is 5.85. The monoisotopic (exact) mass is 277 g/mol. The van der Waals surface area contributed by atoms with Crippen molar-refractivity contribution in [2.24, 2.45) is 11.7 Å². The number of hydrogen-bond acceptors (Lipinski definition) is 2. The van der Waals surface area contributed by atoms with Crippen molar-refractivity contribution in [1.29, 1.82) is 0 Å². The molecule has 1 saturated heterocycles. The van der Waals surface area contributed by atoms with E-state index < -0.39 is 0 Å². The summed E-state index contributed by atoms with van der Waals surface area (Å²) in [7, 11) is 0. The maximum absolute atomic E-state index is 11.1. The number of rotatable bonds is 5. The maximum atomic E-state index is 11.1. The van der Waals surface area contributed by atoms with E-state index in [0.29, 0.717) is 0 Å². The first-order valence-corrected chi connectivity index (χ1v) is 7.38. The lowest BCUT2D eigenvalue weighted by Gasteiger charge is -2.27. The first-order valence-electron chi connectivity index (χ1n) is 7.38. The van der Waals surface area contributed by atoms with Gasteiger partial charge in [-0.1, -0.05) is 6.07 Å². The summed E-state index contributed by atoms with van der Waals surface area (Å²) in [4.78, 5) is 12.6. The van der Waals surface area contributed by atoms with Gasteiger partial charge in [-0.2, -0.15) is 0 Å². The lowest BCUT2D eigenvalue weighted by atomic mass is 9.96. The quantitative estimate of drug-likeness (QED) is 0.821. The Balaban J connectivity index is 1.73. The highest BCUT2D eigenvalue weighted by Gasteiger charge is 2.25. The topological polar surface area (TPSA) is 56.8 Å². The molecule has 1 heterocycles. The SMILES string of the molecule is Cc1cc(C)cc(OCC[NH+]2CCC(C(N)=O)CC2)c1. The van der Waals surface area contributed by atoms with Gasteiger partial charge in [0.2, 0.25) is 5.91 Å². The second kappa shape index (κ2) is 6.75. The highest BCUT2D eigenvalue weighted by atomic mass is 16.5. The third-order valence-corrected chi connectivity index (χ3v) is 4.01. The smallest absolute Gasteiger partial charge is 0.220 e. The van der Waals surface area contributed by atoms with E-state index in [1.807, 2.05) is 0 Å². The van der Waals surface area contributed by atoms with Gasteiger partial charge in [0.1, 0.15) is 18.9 Å². The van der Waals surface area contributed by atoms with Crippen molar-refractivity contribution in [3.8, 4) is 5.75 Å². The number of aryl methyl sites for hydroxylation is 2. The Bertz CT molecular complexity index is 445. The van der Waals surface area contributed by atoms with Crippen molar-refractivity contribution in [2.75, 3.05) is 26.2 Å². The van der Waals surface area contributed by atoms with Crippen LogP contribution in [-0.2, 0) is 4.79 Å². The minimum atomic E-state index is -0.143. The van der Waals surface area contributed by atoms with E-state index in [-0.39, 0.29) is 11.8 Å². The molecule has 0 spiro atoms. The number of amides is 1. The zero-order valence-electron chi connectivity index (χ0n) is 12.4. The Morgan fingerprint density at radius 2 is 1.85 bits per heavy atom. The van der Waals surface area contributed by atoms with Crippen LogP contribution in [0.4, 0.5) is 0 Å². The number of piperidine rings is 1. The molecule has 0 atom stereocenters. The average molecular weight is 277 g/mol. The van der Waals surface area contributed by atoms with Gasteiger partial charge in [-0.25, -0.2) is 0 Å². The number of ether oxygens (including phenoxy) is 1. The van der Waals surface area contributed by atoms with Crippen LogP contribution in [-0.4, -0.2) is 32.1 Å². The molecule has 0 aromatic heterocycles. The van der Waals surface area contributed by atoms with Crippen LogP contribution in [0.5, 0.6) is 5.75 Å². The van der Waals surface area contributed by atoms with Gasteiger partial charge in [0, 0.05) is 18.8 Å². The fraction of sp³-hybridized carbons (Fsp3) is 0.562.